The van der Waals surface area contributed by atoms with Crippen LogP contribution >= 0.6 is 15.9 Å². The Bertz CT molecular complexity index is 375. The molecule has 0 spiro atoms. The highest BCUT2D eigenvalue weighted by Crippen LogP contribution is 2.56. The molecule has 1 aromatic carbocycles. The van der Waals surface area contributed by atoms with Gasteiger partial charge in [-0.2, -0.15) is 26.3 Å². The monoisotopic (exact) mass is 324 g/mol. The Morgan fingerprint density at radius 2 is 1.12 bits per heavy atom. The van der Waals surface area contributed by atoms with E-state index < -0.39 is 28.1 Å². The summed E-state index contributed by atoms with van der Waals surface area (Å²) in [6.07, 6.45) is -11.2. The lowest BCUT2D eigenvalue weighted by molar-refractivity contribution is -0.266. The fraction of sp³-hybridized carbons (Fsp3) is 0.333. The highest BCUT2D eigenvalue weighted by molar-refractivity contribution is 9.09. The molecule has 0 aromatic heterocycles. The molecule has 8 heteroatoms. The summed E-state index contributed by atoms with van der Waals surface area (Å²) in [6, 6.07) is 1.93. The van der Waals surface area contributed by atoms with E-state index in [-0.39, 0.29) is 0 Å². The predicted molar refractivity (Wildman–Crippen MR) is 49.1 cm³/mol. The van der Waals surface area contributed by atoms with Gasteiger partial charge in [-0.25, -0.2) is 4.39 Å². The average Bonchev–Trinajstić information content (AvgIpc) is 2.14. The van der Waals surface area contributed by atoms with Gasteiger partial charge in [0.25, 0.3) is 0 Å². The van der Waals surface area contributed by atoms with Crippen LogP contribution in [-0.2, 0) is 4.32 Å². The highest BCUT2D eigenvalue weighted by Gasteiger charge is 2.70. The van der Waals surface area contributed by atoms with Crippen molar-refractivity contribution in [2.75, 3.05) is 0 Å². The first-order valence-corrected chi connectivity index (χ1v) is 4.88. The van der Waals surface area contributed by atoms with Crippen molar-refractivity contribution in [1.29, 1.82) is 0 Å². The summed E-state index contributed by atoms with van der Waals surface area (Å²) >= 11 is 1.69. The molecule has 0 unspecified atom stereocenters. The molecule has 0 saturated heterocycles. The fourth-order valence-corrected chi connectivity index (χ4v) is 1.43. The lowest BCUT2D eigenvalue weighted by atomic mass is 9.97. The Morgan fingerprint density at radius 3 is 1.41 bits per heavy atom. The van der Waals surface area contributed by atoms with Gasteiger partial charge in [-0.3, -0.25) is 0 Å². The first kappa shape index (κ1) is 14.3. The molecule has 0 N–H and O–H groups in total. The summed E-state index contributed by atoms with van der Waals surface area (Å²) in [6.45, 7) is 0. The van der Waals surface area contributed by atoms with E-state index in [1.54, 1.807) is 15.9 Å². The molecule has 0 radical (unpaired) electrons. The zero-order valence-corrected chi connectivity index (χ0v) is 9.42. The molecule has 0 aliphatic carbocycles. The Balaban J connectivity index is 3.41. The zero-order chi connectivity index (χ0) is 13.5. The molecular formula is C9H4BrF7. The zero-order valence-electron chi connectivity index (χ0n) is 7.83. The molecule has 0 saturated carbocycles. The Morgan fingerprint density at radius 1 is 0.765 bits per heavy atom. The molecule has 0 nitrogen and oxygen atoms in total. The molecule has 1 aromatic rings. The fourth-order valence-electron chi connectivity index (χ4n) is 1.17. The first-order valence-electron chi connectivity index (χ1n) is 4.08. The third kappa shape index (κ3) is 2.41. The van der Waals surface area contributed by atoms with E-state index in [2.05, 4.69) is 0 Å². The summed E-state index contributed by atoms with van der Waals surface area (Å²) in [5, 5.41) is 0. The van der Waals surface area contributed by atoms with Gasteiger partial charge in [-0.05, 0) is 17.7 Å². The average molecular weight is 325 g/mol. The molecule has 0 bridgehead atoms. The topological polar surface area (TPSA) is 0 Å². The number of rotatable bonds is 1. The standard InChI is InChI=1S/C9H4BrF7/c10-7(8(12,13)14,9(15,16)17)5-1-3-6(11)4-2-5/h1-4H. The molecule has 0 heterocycles. The van der Waals surface area contributed by atoms with Crippen molar-refractivity contribution < 1.29 is 30.7 Å². The van der Waals surface area contributed by atoms with Crippen LogP contribution < -0.4 is 0 Å². The van der Waals surface area contributed by atoms with Gasteiger partial charge in [0.2, 0.25) is 4.32 Å². The van der Waals surface area contributed by atoms with E-state index in [1.165, 1.54) is 0 Å². The van der Waals surface area contributed by atoms with Crippen molar-refractivity contribution in [3.63, 3.8) is 0 Å². The van der Waals surface area contributed by atoms with Crippen LogP contribution in [0.3, 0.4) is 0 Å². The Kier molecular flexibility index (Phi) is 3.48. The number of hydrogen-bond donors (Lipinski definition) is 0. The Hall–Kier alpha value is -0.790. The molecule has 0 atom stereocenters. The maximum Gasteiger partial charge on any atom is 0.416 e. The smallest absolute Gasteiger partial charge is 0.207 e. The van der Waals surface area contributed by atoms with Gasteiger partial charge in [0.05, 0.1) is 0 Å². The highest BCUT2D eigenvalue weighted by atomic mass is 79.9. The van der Waals surface area contributed by atoms with E-state index in [1.807, 2.05) is 0 Å². The van der Waals surface area contributed by atoms with Crippen molar-refractivity contribution in [3.05, 3.63) is 35.6 Å². The second-order valence-electron chi connectivity index (χ2n) is 3.16. The van der Waals surface area contributed by atoms with Crippen LogP contribution in [0.2, 0.25) is 0 Å². The summed E-state index contributed by atoms with van der Waals surface area (Å²) in [7, 11) is 0. The quantitative estimate of drug-likeness (QED) is 0.525. The molecule has 96 valence electrons. The van der Waals surface area contributed by atoms with Crippen LogP contribution in [0.1, 0.15) is 5.56 Å². The van der Waals surface area contributed by atoms with Crippen molar-refractivity contribution in [2.45, 2.75) is 16.7 Å². The second-order valence-corrected chi connectivity index (χ2v) is 4.35. The molecule has 0 aliphatic heterocycles. The van der Waals surface area contributed by atoms with Crippen LogP contribution in [0, 0.1) is 5.82 Å². The molecule has 0 fully saturated rings. The number of halogens is 8. The van der Waals surface area contributed by atoms with E-state index in [0.29, 0.717) is 24.3 Å². The maximum atomic E-state index is 12.5. The summed E-state index contributed by atoms with van der Waals surface area (Å²) in [4.78, 5) is 0. The minimum Gasteiger partial charge on any atom is -0.207 e. The van der Waals surface area contributed by atoms with Gasteiger partial charge in [0, 0.05) is 0 Å². The molecule has 0 amide bonds. The van der Waals surface area contributed by atoms with E-state index in [9.17, 15) is 30.7 Å². The van der Waals surface area contributed by atoms with Gasteiger partial charge >= 0.3 is 12.4 Å². The minimum absolute atomic E-state index is 0.436. The number of alkyl halides is 7. The molecule has 17 heavy (non-hydrogen) atoms. The lowest BCUT2D eigenvalue weighted by Gasteiger charge is -2.32. The SMILES string of the molecule is Fc1ccc(C(Br)(C(F)(F)F)C(F)(F)F)cc1. The van der Waals surface area contributed by atoms with Crippen LogP contribution in [0.15, 0.2) is 24.3 Å². The van der Waals surface area contributed by atoms with Gasteiger partial charge in [-0.1, -0.05) is 28.1 Å². The lowest BCUT2D eigenvalue weighted by Crippen LogP contribution is -2.48. The largest absolute Gasteiger partial charge is 0.416 e. The summed E-state index contributed by atoms with van der Waals surface area (Å²) in [5.74, 6) is -0.923. The van der Waals surface area contributed by atoms with Gasteiger partial charge in [0.1, 0.15) is 5.82 Å². The van der Waals surface area contributed by atoms with Crippen molar-refractivity contribution >= 4 is 15.9 Å². The van der Waals surface area contributed by atoms with Crippen LogP contribution in [-0.4, -0.2) is 12.4 Å². The normalized spacial score (nSPS) is 13.9. The van der Waals surface area contributed by atoms with E-state index in [4.69, 9.17) is 0 Å². The minimum atomic E-state index is -5.59. The predicted octanol–water partition coefficient (Wildman–Crippen LogP) is 4.54. The van der Waals surface area contributed by atoms with Crippen molar-refractivity contribution in [3.8, 4) is 0 Å². The third-order valence-electron chi connectivity index (χ3n) is 2.02. The summed E-state index contributed by atoms with van der Waals surface area (Å²) in [5.41, 5.74) is -1.13. The maximum absolute atomic E-state index is 12.5. The van der Waals surface area contributed by atoms with Gasteiger partial charge < -0.3 is 0 Å². The van der Waals surface area contributed by atoms with E-state index >= 15 is 0 Å². The van der Waals surface area contributed by atoms with Crippen molar-refractivity contribution in [2.24, 2.45) is 0 Å². The molecule has 1 rings (SSSR count). The van der Waals surface area contributed by atoms with Crippen molar-refractivity contribution in [1.82, 2.24) is 0 Å². The van der Waals surface area contributed by atoms with Gasteiger partial charge in [-0.15, -0.1) is 0 Å². The molecule has 0 aliphatic rings. The second kappa shape index (κ2) is 4.15. The molecular weight excluding hydrogens is 321 g/mol. The van der Waals surface area contributed by atoms with E-state index in [0.717, 1.165) is 0 Å². The first-order chi connectivity index (χ1) is 7.50. The van der Waals surface area contributed by atoms with Crippen LogP contribution in [0.4, 0.5) is 30.7 Å². The number of hydrogen-bond acceptors (Lipinski definition) is 0. The van der Waals surface area contributed by atoms with Crippen LogP contribution in [0.5, 0.6) is 0 Å². The third-order valence-corrected chi connectivity index (χ3v) is 3.38. The number of benzene rings is 1. The Labute approximate surface area is 99.6 Å². The van der Waals surface area contributed by atoms with Gasteiger partial charge in [0.15, 0.2) is 0 Å². The summed E-state index contributed by atoms with van der Waals surface area (Å²) < 4.78 is 83.5. The van der Waals surface area contributed by atoms with Crippen LogP contribution in [0.25, 0.3) is 0 Å².